The zero-order valence-electron chi connectivity index (χ0n) is 7.90. The lowest BCUT2D eigenvalue weighted by Gasteiger charge is -2.15. The molecular formula is C10H14O4. The lowest BCUT2D eigenvalue weighted by molar-refractivity contribution is -0.137. The molecule has 4 heteroatoms. The molecule has 2 N–H and O–H groups in total. The molecule has 0 spiro atoms. The smallest absolute Gasteiger partial charge is 0.303 e. The number of carboxylic acids is 1. The van der Waals surface area contributed by atoms with Crippen molar-refractivity contribution in [3.63, 3.8) is 0 Å². The van der Waals surface area contributed by atoms with E-state index in [9.17, 15) is 14.7 Å². The third-order valence-corrected chi connectivity index (χ3v) is 2.26. The van der Waals surface area contributed by atoms with Crippen molar-refractivity contribution in [2.75, 3.05) is 0 Å². The first-order valence-electron chi connectivity index (χ1n) is 4.73. The molecule has 1 aliphatic carbocycles. The molecule has 78 valence electrons. The highest BCUT2D eigenvalue weighted by molar-refractivity contribution is 5.96. The minimum atomic E-state index is -0.852. The molecule has 0 aromatic carbocycles. The number of hydrogen-bond donors (Lipinski definition) is 2. The normalized spacial score (nSPS) is 21.9. The largest absolute Gasteiger partial charge is 0.481 e. The molecule has 0 aliphatic heterocycles. The van der Waals surface area contributed by atoms with Crippen LogP contribution in [0.3, 0.4) is 0 Å². The van der Waals surface area contributed by atoms with Crippen LogP contribution in [0.1, 0.15) is 32.1 Å². The third kappa shape index (κ3) is 3.30. The fraction of sp³-hybridized carbons (Fsp3) is 0.600. The SMILES string of the molecule is O=C(O)CCCC1=CC(O)CCC1=O. The summed E-state index contributed by atoms with van der Waals surface area (Å²) >= 11 is 0. The highest BCUT2D eigenvalue weighted by atomic mass is 16.4. The molecule has 0 aromatic heterocycles. The second-order valence-corrected chi connectivity index (χ2v) is 3.47. The van der Waals surface area contributed by atoms with Gasteiger partial charge in [0.05, 0.1) is 6.10 Å². The van der Waals surface area contributed by atoms with Gasteiger partial charge in [-0.25, -0.2) is 0 Å². The van der Waals surface area contributed by atoms with E-state index < -0.39 is 12.1 Å². The zero-order chi connectivity index (χ0) is 10.6. The van der Waals surface area contributed by atoms with Gasteiger partial charge in [0.15, 0.2) is 5.78 Å². The van der Waals surface area contributed by atoms with Crippen LogP contribution in [0.5, 0.6) is 0 Å². The summed E-state index contributed by atoms with van der Waals surface area (Å²) in [6.07, 6.45) is 2.87. The molecule has 0 amide bonds. The highest BCUT2D eigenvalue weighted by Crippen LogP contribution is 2.19. The molecule has 1 unspecified atom stereocenters. The van der Waals surface area contributed by atoms with Crippen LogP contribution in [0.15, 0.2) is 11.6 Å². The predicted octanol–water partition coefficient (Wildman–Crippen LogP) is 0.891. The van der Waals surface area contributed by atoms with Gasteiger partial charge in [0.2, 0.25) is 0 Å². The molecule has 14 heavy (non-hydrogen) atoms. The van der Waals surface area contributed by atoms with Gasteiger partial charge in [-0.15, -0.1) is 0 Å². The van der Waals surface area contributed by atoms with Crippen molar-refractivity contribution in [3.8, 4) is 0 Å². The molecule has 0 saturated heterocycles. The summed E-state index contributed by atoms with van der Waals surface area (Å²) in [6.45, 7) is 0. The molecular weight excluding hydrogens is 184 g/mol. The summed E-state index contributed by atoms with van der Waals surface area (Å²) in [4.78, 5) is 21.5. The Labute approximate surface area is 82.2 Å². The molecule has 4 nitrogen and oxygen atoms in total. The van der Waals surface area contributed by atoms with E-state index in [2.05, 4.69) is 0 Å². The number of Topliss-reactive ketones (excluding diaryl/α,β-unsaturated/α-hetero) is 1. The van der Waals surface area contributed by atoms with Crippen LogP contribution in [0.4, 0.5) is 0 Å². The van der Waals surface area contributed by atoms with Gasteiger partial charge in [-0.05, 0) is 30.9 Å². The van der Waals surface area contributed by atoms with Gasteiger partial charge < -0.3 is 10.2 Å². The van der Waals surface area contributed by atoms with Crippen molar-refractivity contribution >= 4 is 11.8 Å². The molecule has 0 bridgehead atoms. The van der Waals surface area contributed by atoms with Crippen molar-refractivity contribution in [1.29, 1.82) is 0 Å². The van der Waals surface area contributed by atoms with Gasteiger partial charge in [0, 0.05) is 12.8 Å². The van der Waals surface area contributed by atoms with Gasteiger partial charge in [-0.3, -0.25) is 9.59 Å². The van der Waals surface area contributed by atoms with Gasteiger partial charge in [-0.2, -0.15) is 0 Å². The van der Waals surface area contributed by atoms with E-state index >= 15 is 0 Å². The number of rotatable bonds is 4. The number of hydrogen-bond acceptors (Lipinski definition) is 3. The Hall–Kier alpha value is -1.16. The molecule has 0 heterocycles. The Kier molecular flexibility index (Phi) is 3.83. The van der Waals surface area contributed by atoms with E-state index in [-0.39, 0.29) is 12.2 Å². The van der Waals surface area contributed by atoms with Crippen LogP contribution in [0.25, 0.3) is 0 Å². The molecule has 1 aliphatic rings. The lowest BCUT2D eigenvalue weighted by Crippen LogP contribution is -2.17. The molecule has 0 radical (unpaired) electrons. The van der Waals surface area contributed by atoms with Crippen LogP contribution in [-0.4, -0.2) is 28.1 Å². The van der Waals surface area contributed by atoms with Crippen LogP contribution in [0, 0.1) is 0 Å². The van der Waals surface area contributed by atoms with E-state index in [0.29, 0.717) is 31.3 Å². The topological polar surface area (TPSA) is 74.6 Å². The number of aliphatic hydroxyl groups is 1. The van der Waals surface area contributed by atoms with Gasteiger partial charge in [0.25, 0.3) is 0 Å². The molecule has 1 atom stereocenters. The van der Waals surface area contributed by atoms with Crippen LogP contribution in [0.2, 0.25) is 0 Å². The summed E-state index contributed by atoms with van der Waals surface area (Å²) < 4.78 is 0. The number of aliphatic carboxylic acids is 1. The molecule has 1 rings (SSSR count). The third-order valence-electron chi connectivity index (χ3n) is 2.26. The Morgan fingerprint density at radius 2 is 2.29 bits per heavy atom. The number of carbonyl (C=O) groups excluding carboxylic acids is 1. The van der Waals surface area contributed by atoms with E-state index in [0.717, 1.165) is 0 Å². The minimum Gasteiger partial charge on any atom is -0.481 e. The van der Waals surface area contributed by atoms with Crippen LogP contribution >= 0.6 is 0 Å². The number of carbonyl (C=O) groups is 2. The predicted molar refractivity (Wildman–Crippen MR) is 49.8 cm³/mol. The number of carboxylic acid groups (broad SMARTS) is 1. The maximum atomic E-state index is 11.3. The Bertz CT molecular complexity index is 267. The first-order chi connectivity index (χ1) is 6.59. The lowest BCUT2D eigenvalue weighted by atomic mass is 9.93. The van der Waals surface area contributed by atoms with Crippen molar-refractivity contribution in [3.05, 3.63) is 11.6 Å². The number of allylic oxidation sites excluding steroid dienone is 1. The summed E-state index contributed by atoms with van der Waals surface area (Å²) in [6, 6.07) is 0. The quantitative estimate of drug-likeness (QED) is 0.703. The Balaban J connectivity index is 2.42. The zero-order valence-corrected chi connectivity index (χ0v) is 7.90. The van der Waals surface area contributed by atoms with Crippen LogP contribution < -0.4 is 0 Å². The summed E-state index contributed by atoms with van der Waals surface area (Å²) in [7, 11) is 0. The van der Waals surface area contributed by atoms with Crippen molar-refractivity contribution < 1.29 is 19.8 Å². The maximum absolute atomic E-state index is 11.3. The van der Waals surface area contributed by atoms with Gasteiger partial charge in [-0.1, -0.05) is 0 Å². The van der Waals surface area contributed by atoms with E-state index in [1.807, 2.05) is 0 Å². The first-order valence-corrected chi connectivity index (χ1v) is 4.73. The number of aliphatic hydroxyl groups excluding tert-OH is 1. The van der Waals surface area contributed by atoms with E-state index in [1.165, 1.54) is 0 Å². The fourth-order valence-corrected chi connectivity index (χ4v) is 1.50. The van der Waals surface area contributed by atoms with Crippen molar-refractivity contribution in [2.24, 2.45) is 0 Å². The average Bonchev–Trinajstić information content (AvgIpc) is 2.10. The first kappa shape index (κ1) is 10.9. The Morgan fingerprint density at radius 3 is 2.93 bits per heavy atom. The fourth-order valence-electron chi connectivity index (χ4n) is 1.50. The van der Waals surface area contributed by atoms with Crippen LogP contribution in [-0.2, 0) is 9.59 Å². The molecule has 0 saturated carbocycles. The average molecular weight is 198 g/mol. The summed E-state index contributed by atoms with van der Waals surface area (Å²) in [5.74, 6) is -0.810. The van der Waals surface area contributed by atoms with Gasteiger partial charge in [0.1, 0.15) is 0 Å². The van der Waals surface area contributed by atoms with Gasteiger partial charge >= 0.3 is 5.97 Å². The summed E-state index contributed by atoms with van der Waals surface area (Å²) in [5, 5.41) is 17.7. The van der Waals surface area contributed by atoms with E-state index in [1.54, 1.807) is 6.08 Å². The van der Waals surface area contributed by atoms with E-state index in [4.69, 9.17) is 5.11 Å². The standard InChI is InChI=1S/C10H14O4/c11-8-4-5-9(12)7(6-8)2-1-3-10(13)14/h6,8,11H,1-5H2,(H,13,14). The molecule has 0 aromatic rings. The minimum absolute atomic E-state index is 0.0423. The summed E-state index contributed by atoms with van der Waals surface area (Å²) in [5.41, 5.74) is 0.588. The van der Waals surface area contributed by atoms with Crippen molar-refractivity contribution in [2.45, 2.75) is 38.2 Å². The number of ketones is 1. The molecule has 0 fully saturated rings. The second-order valence-electron chi connectivity index (χ2n) is 3.47. The monoisotopic (exact) mass is 198 g/mol. The highest BCUT2D eigenvalue weighted by Gasteiger charge is 2.18. The second kappa shape index (κ2) is 4.91. The van der Waals surface area contributed by atoms with Crippen molar-refractivity contribution in [1.82, 2.24) is 0 Å². The Morgan fingerprint density at radius 1 is 1.57 bits per heavy atom. The maximum Gasteiger partial charge on any atom is 0.303 e.